The van der Waals surface area contributed by atoms with Crippen molar-refractivity contribution in [2.45, 2.75) is 39.5 Å². The molecule has 1 aromatic rings. The second kappa shape index (κ2) is 8.56. The van der Waals surface area contributed by atoms with Crippen LogP contribution in [0.15, 0.2) is 18.2 Å². The van der Waals surface area contributed by atoms with Crippen LogP contribution >= 0.6 is 0 Å². The summed E-state index contributed by atoms with van der Waals surface area (Å²) in [4.78, 5) is 25.4. The average molecular weight is 317 g/mol. The van der Waals surface area contributed by atoms with Gasteiger partial charge in [-0.3, -0.25) is 4.79 Å². The minimum atomic E-state index is -0.205. The number of aryl methyl sites for hydroxylation is 2. The van der Waals surface area contributed by atoms with Crippen molar-refractivity contribution in [1.82, 2.24) is 15.5 Å². The molecule has 23 heavy (non-hydrogen) atoms. The standard InChI is InChI=1S/C18H27N3O2/c1-14-5-6-16(15(2)13-14)7-9-19-18(23)20-10-8-17(22)21-11-3-4-12-21/h5-6,13H,3-4,7-12H2,1-2H3,(H2,19,20,23). The summed E-state index contributed by atoms with van der Waals surface area (Å²) in [7, 11) is 0. The average Bonchev–Trinajstić information content (AvgIpc) is 3.04. The zero-order chi connectivity index (χ0) is 16.7. The van der Waals surface area contributed by atoms with E-state index in [1.807, 2.05) is 4.90 Å². The predicted molar refractivity (Wildman–Crippen MR) is 91.5 cm³/mol. The molecule has 5 nitrogen and oxygen atoms in total. The summed E-state index contributed by atoms with van der Waals surface area (Å²) in [5, 5.41) is 5.59. The van der Waals surface area contributed by atoms with Gasteiger partial charge in [0.05, 0.1) is 0 Å². The molecule has 0 aliphatic carbocycles. The number of benzene rings is 1. The quantitative estimate of drug-likeness (QED) is 0.844. The molecule has 0 spiro atoms. The number of amides is 3. The molecule has 0 radical (unpaired) electrons. The summed E-state index contributed by atoms with van der Waals surface area (Å²) < 4.78 is 0. The van der Waals surface area contributed by atoms with Crippen molar-refractivity contribution in [2.75, 3.05) is 26.2 Å². The van der Waals surface area contributed by atoms with Gasteiger partial charge in [-0.25, -0.2) is 4.79 Å². The largest absolute Gasteiger partial charge is 0.343 e. The van der Waals surface area contributed by atoms with E-state index >= 15 is 0 Å². The minimum Gasteiger partial charge on any atom is -0.343 e. The molecule has 5 heteroatoms. The van der Waals surface area contributed by atoms with Crippen LogP contribution in [0.3, 0.4) is 0 Å². The van der Waals surface area contributed by atoms with Gasteiger partial charge in [0, 0.05) is 32.6 Å². The second-order valence-corrected chi connectivity index (χ2v) is 6.20. The number of hydrogen-bond donors (Lipinski definition) is 2. The van der Waals surface area contributed by atoms with Gasteiger partial charge in [0.1, 0.15) is 0 Å². The lowest BCUT2D eigenvalue weighted by atomic mass is 10.0. The van der Waals surface area contributed by atoms with Gasteiger partial charge in [-0.05, 0) is 44.2 Å². The Morgan fingerprint density at radius 1 is 1.09 bits per heavy atom. The Labute approximate surface area is 138 Å². The number of nitrogens with one attached hydrogen (secondary N) is 2. The maximum absolute atomic E-state index is 11.8. The Kier molecular flexibility index (Phi) is 6.44. The number of carbonyl (C=O) groups excluding carboxylic acids is 2. The molecule has 1 aliphatic heterocycles. The third-order valence-electron chi connectivity index (χ3n) is 4.26. The molecule has 0 aromatic heterocycles. The Morgan fingerprint density at radius 3 is 2.48 bits per heavy atom. The Balaban J connectivity index is 1.60. The van der Waals surface area contributed by atoms with E-state index < -0.39 is 0 Å². The fourth-order valence-corrected chi connectivity index (χ4v) is 2.91. The van der Waals surface area contributed by atoms with Gasteiger partial charge in [-0.2, -0.15) is 0 Å². The van der Waals surface area contributed by atoms with E-state index in [1.54, 1.807) is 0 Å². The highest BCUT2D eigenvalue weighted by Gasteiger charge is 2.17. The zero-order valence-corrected chi connectivity index (χ0v) is 14.2. The molecule has 126 valence electrons. The van der Waals surface area contributed by atoms with Gasteiger partial charge in [0.25, 0.3) is 0 Å². The van der Waals surface area contributed by atoms with Crippen LogP contribution in [0.25, 0.3) is 0 Å². The maximum atomic E-state index is 11.8. The normalized spacial score (nSPS) is 13.9. The van der Waals surface area contributed by atoms with Crippen LogP contribution < -0.4 is 10.6 Å². The highest BCUT2D eigenvalue weighted by molar-refractivity contribution is 5.78. The lowest BCUT2D eigenvalue weighted by Crippen LogP contribution is -2.39. The highest BCUT2D eigenvalue weighted by atomic mass is 16.2. The van der Waals surface area contributed by atoms with Crippen molar-refractivity contribution in [3.05, 3.63) is 34.9 Å². The molecule has 0 atom stereocenters. The monoisotopic (exact) mass is 317 g/mol. The summed E-state index contributed by atoms with van der Waals surface area (Å²) in [6.45, 7) is 6.88. The number of carbonyl (C=O) groups is 2. The number of rotatable bonds is 6. The molecule has 1 aliphatic rings. The topological polar surface area (TPSA) is 61.4 Å². The number of urea groups is 1. The first kappa shape index (κ1) is 17.3. The van der Waals surface area contributed by atoms with Crippen LogP contribution in [0.4, 0.5) is 4.79 Å². The van der Waals surface area contributed by atoms with E-state index in [0.29, 0.717) is 19.5 Å². The molecule has 0 unspecified atom stereocenters. The highest BCUT2D eigenvalue weighted by Crippen LogP contribution is 2.10. The van der Waals surface area contributed by atoms with Crippen molar-refractivity contribution >= 4 is 11.9 Å². The molecular formula is C18H27N3O2. The van der Waals surface area contributed by atoms with Crippen molar-refractivity contribution < 1.29 is 9.59 Å². The van der Waals surface area contributed by atoms with Gasteiger partial charge < -0.3 is 15.5 Å². The summed E-state index contributed by atoms with van der Waals surface area (Å²) in [6.07, 6.45) is 3.38. The predicted octanol–water partition coefficient (Wildman–Crippen LogP) is 2.16. The molecule has 1 heterocycles. The second-order valence-electron chi connectivity index (χ2n) is 6.20. The summed E-state index contributed by atoms with van der Waals surface area (Å²) >= 11 is 0. The summed E-state index contributed by atoms with van der Waals surface area (Å²) in [5.74, 6) is 0.137. The van der Waals surface area contributed by atoms with E-state index in [4.69, 9.17) is 0 Å². The molecule has 1 aromatic carbocycles. The summed E-state index contributed by atoms with van der Waals surface area (Å²) in [6, 6.07) is 6.15. The number of nitrogens with zero attached hydrogens (tertiary/aromatic N) is 1. The molecule has 2 N–H and O–H groups in total. The molecule has 2 rings (SSSR count). The van der Waals surface area contributed by atoms with E-state index in [9.17, 15) is 9.59 Å². The zero-order valence-electron chi connectivity index (χ0n) is 14.2. The third-order valence-corrected chi connectivity index (χ3v) is 4.26. The SMILES string of the molecule is Cc1ccc(CCNC(=O)NCCC(=O)N2CCCC2)c(C)c1. The van der Waals surface area contributed by atoms with Crippen molar-refractivity contribution in [3.8, 4) is 0 Å². The fourth-order valence-electron chi connectivity index (χ4n) is 2.91. The maximum Gasteiger partial charge on any atom is 0.314 e. The first-order chi connectivity index (χ1) is 11.1. The number of likely N-dealkylation sites (tertiary alicyclic amines) is 1. The lowest BCUT2D eigenvalue weighted by molar-refractivity contribution is -0.129. The first-order valence-electron chi connectivity index (χ1n) is 8.42. The molecule has 3 amide bonds. The smallest absolute Gasteiger partial charge is 0.314 e. The van der Waals surface area contributed by atoms with E-state index in [-0.39, 0.29) is 11.9 Å². The molecule has 1 fully saturated rings. The van der Waals surface area contributed by atoms with Gasteiger partial charge in [0.2, 0.25) is 5.91 Å². The first-order valence-corrected chi connectivity index (χ1v) is 8.42. The van der Waals surface area contributed by atoms with Gasteiger partial charge in [-0.1, -0.05) is 23.8 Å². The van der Waals surface area contributed by atoms with E-state index in [0.717, 1.165) is 32.4 Å². The van der Waals surface area contributed by atoms with Gasteiger partial charge in [0.15, 0.2) is 0 Å². The molecule has 0 saturated carbocycles. The Hall–Kier alpha value is -2.04. The van der Waals surface area contributed by atoms with Gasteiger partial charge >= 0.3 is 6.03 Å². The Bertz CT molecular complexity index is 551. The van der Waals surface area contributed by atoms with Crippen LogP contribution in [0.1, 0.15) is 36.0 Å². The summed E-state index contributed by atoms with van der Waals surface area (Å²) in [5.41, 5.74) is 3.75. The van der Waals surface area contributed by atoms with E-state index in [1.165, 1.54) is 16.7 Å². The van der Waals surface area contributed by atoms with Crippen molar-refractivity contribution in [2.24, 2.45) is 0 Å². The molecule has 0 bridgehead atoms. The fraction of sp³-hybridized carbons (Fsp3) is 0.556. The lowest BCUT2D eigenvalue weighted by Gasteiger charge is -2.15. The van der Waals surface area contributed by atoms with Crippen molar-refractivity contribution in [1.29, 1.82) is 0 Å². The van der Waals surface area contributed by atoms with Crippen LogP contribution in [-0.2, 0) is 11.2 Å². The Morgan fingerprint density at radius 2 is 1.78 bits per heavy atom. The minimum absolute atomic E-state index is 0.137. The van der Waals surface area contributed by atoms with Crippen LogP contribution in [0, 0.1) is 13.8 Å². The number of hydrogen-bond acceptors (Lipinski definition) is 2. The van der Waals surface area contributed by atoms with Crippen LogP contribution in [0.5, 0.6) is 0 Å². The van der Waals surface area contributed by atoms with Crippen LogP contribution in [0.2, 0.25) is 0 Å². The van der Waals surface area contributed by atoms with E-state index in [2.05, 4.69) is 42.7 Å². The molecular weight excluding hydrogens is 290 g/mol. The van der Waals surface area contributed by atoms with Crippen LogP contribution in [-0.4, -0.2) is 43.0 Å². The van der Waals surface area contributed by atoms with Crippen molar-refractivity contribution in [3.63, 3.8) is 0 Å². The van der Waals surface area contributed by atoms with Gasteiger partial charge in [-0.15, -0.1) is 0 Å². The molecule has 1 saturated heterocycles. The third kappa shape index (κ3) is 5.58.